The summed E-state index contributed by atoms with van der Waals surface area (Å²) in [6, 6.07) is 34.0. The number of rotatable bonds is 17. The number of aliphatic hydroxyl groups excluding tert-OH is 1. The van der Waals surface area contributed by atoms with Gasteiger partial charge in [-0.1, -0.05) is 132 Å². The van der Waals surface area contributed by atoms with Crippen molar-refractivity contribution in [3.05, 3.63) is 143 Å². The Morgan fingerprint density at radius 3 is 1.98 bits per heavy atom. The van der Waals surface area contributed by atoms with Crippen molar-refractivity contribution in [3.8, 4) is 16.9 Å². The van der Waals surface area contributed by atoms with E-state index in [4.69, 9.17) is 14.2 Å². The number of nitrogens with zero attached hydrogens (tertiary/aromatic N) is 1. The van der Waals surface area contributed by atoms with Gasteiger partial charge in [0.15, 0.2) is 6.79 Å². The first kappa shape index (κ1) is 45.2. The number of nitro benzene ring substituents is 1. The molecule has 1 N–H and O–H groups in total. The van der Waals surface area contributed by atoms with Crippen molar-refractivity contribution in [3.63, 3.8) is 0 Å². The van der Waals surface area contributed by atoms with Crippen LogP contribution in [0.5, 0.6) is 5.75 Å². The Kier molecular flexibility index (Phi) is 22.7. The molecule has 0 saturated carbocycles. The van der Waals surface area contributed by atoms with Crippen LogP contribution in [0.2, 0.25) is 0 Å². The lowest BCUT2D eigenvalue weighted by molar-refractivity contribution is -0.384. The van der Waals surface area contributed by atoms with E-state index >= 15 is 0 Å². The van der Waals surface area contributed by atoms with Crippen LogP contribution in [0.4, 0.5) is 5.69 Å². The highest BCUT2D eigenvalue weighted by atomic mass is 16.7. The molecule has 2 unspecified atom stereocenters. The summed E-state index contributed by atoms with van der Waals surface area (Å²) < 4.78 is 17.6. The number of methoxy groups -OCH3 is 1. The molecule has 0 aliphatic carbocycles. The molecular weight excluding hydrogens is 654 g/mol. The number of aliphatic hydroxyl groups is 1. The fraction of sp³-hybridized carbons (Fsp3) is 0.386. The third kappa shape index (κ3) is 15.6. The zero-order chi connectivity index (χ0) is 38.8. The number of aryl methyl sites for hydroxylation is 1. The van der Waals surface area contributed by atoms with E-state index in [9.17, 15) is 20.0 Å². The van der Waals surface area contributed by atoms with Crippen molar-refractivity contribution >= 4 is 11.7 Å². The molecule has 0 aromatic heterocycles. The second-order valence-electron chi connectivity index (χ2n) is 11.7. The van der Waals surface area contributed by atoms with Crippen molar-refractivity contribution < 1.29 is 29.0 Å². The monoisotopic (exact) mass is 713 g/mol. The molecule has 4 rings (SSSR count). The largest absolute Gasteiger partial charge is 0.469 e. The standard InChI is InChI=1S/C37H41NO7.C3H6.2C2H6/c1-3-22-37(23-21-28-11-6-4-7-12-28,45-27-44-33-19-17-31(18-20-33)30-14-8-5-9-15-30)26-35(39)34(36(40)43-2)25-29-13-10-16-32(24-29)38(41)42;1-3-2;2*1-2/h4-20,24,34-35,39H,3,21-23,25-27H2,1-2H3;3H,1H2,2H3;2*1-2H3/t34?,35?,37-;;;/m1.../s1. The van der Waals surface area contributed by atoms with Gasteiger partial charge >= 0.3 is 5.97 Å². The van der Waals surface area contributed by atoms with Crippen molar-refractivity contribution in [1.29, 1.82) is 0 Å². The van der Waals surface area contributed by atoms with E-state index in [1.807, 2.05) is 95.3 Å². The maximum Gasteiger partial charge on any atom is 0.311 e. The maximum absolute atomic E-state index is 12.9. The van der Waals surface area contributed by atoms with Gasteiger partial charge in [0.2, 0.25) is 0 Å². The Morgan fingerprint density at radius 1 is 0.865 bits per heavy atom. The average Bonchev–Trinajstić information content (AvgIpc) is 3.19. The number of allylic oxidation sites excluding steroid dienone is 1. The van der Waals surface area contributed by atoms with Gasteiger partial charge in [0.1, 0.15) is 5.75 Å². The first-order chi connectivity index (χ1) is 25.2. The van der Waals surface area contributed by atoms with Crippen LogP contribution < -0.4 is 4.74 Å². The summed E-state index contributed by atoms with van der Waals surface area (Å²) in [5.41, 5.74) is 2.99. The first-order valence-corrected chi connectivity index (χ1v) is 18.3. The maximum atomic E-state index is 12.9. The highest BCUT2D eigenvalue weighted by Crippen LogP contribution is 2.34. The molecule has 0 heterocycles. The Hall–Kier alpha value is -4.79. The molecule has 8 nitrogen and oxygen atoms in total. The molecular formula is C44H59NO7. The van der Waals surface area contributed by atoms with E-state index in [0.717, 1.165) is 23.1 Å². The molecule has 282 valence electrons. The highest BCUT2D eigenvalue weighted by Gasteiger charge is 2.38. The Balaban J connectivity index is 0.00000180. The number of non-ortho nitro benzene ring substituents is 1. The SMILES string of the molecule is C=CC.CC.CC.CCC[C@@](CCc1ccccc1)(CC(O)C(Cc1cccc([N+](=O)[O-])c1)C(=O)OC)OCOc1ccc(-c2ccccc2)cc1. The lowest BCUT2D eigenvalue weighted by Crippen LogP contribution is -2.43. The number of benzene rings is 4. The van der Waals surface area contributed by atoms with Gasteiger partial charge in [-0.25, -0.2) is 0 Å². The Morgan fingerprint density at radius 2 is 1.42 bits per heavy atom. The third-order valence-electron chi connectivity index (χ3n) is 8.10. The average molecular weight is 714 g/mol. The van der Waals surface area contributed by atoms with Crippen LogP contribution in [0.15, 0.2) is 122 Å². The molecule has 52 heavy (non-hydrogen) atoms. The molecule has 0 aliphatic heterocycles. The normalized spacial score (nSPS) is 12.4. The van der Waals surface area contributed by atoms with Crippen molar-refractivity contribution in [1.82, 2.24) is 0 Å². The van der Waals surface area contributed by atoms with E-state index in [1.165, 1.54) is 19.2 Å². The van der Waals surface area contributed by atoms with Crippen LogP contribution in [0.1, 0.15) is 78.4 Å². The second-order valence-corrected chi connectivity index (χ2v) is 11.7. The van der Waals surface area contributed by atoms with Gasteiger partial charge in [-0.15, -0.1) is 6.58 Å². The van der Waals surface area contributed by atoms with Crippen LogP contribution in [0.3, 0.4) is 0 Å². The van der Waals surface area contributed by atoms with Gasteiger partial charge in [-0.2, -0.15) is 0 Å². The smallest absolute Gasteiger partial charge is 0.311 e. The van der Waals surface area contributed by atoms with E-state index in [0.29, 0.717) is 30.6 Å². The van der Waals surface area contributed by atoms with Crippen molar-refractivity contribution in [2.75, 3.05) is 13.9 Å². The summed E-state index contributed by atoms with van der Waals surface area (Å²) in [5, 5.41) is 22.9. The molecule has 0 spiro atoms. The molecule has 4 aromatic carbocycles. The molecule has 3 atom stereocenters. The summed E-state index contributed by atoms with van der Waals surface area (Å²) in [6.45, 7) is 15.3. The lowest BCUT2D eigenvalue weighted by atomic mass is 9.80. The number of hydrogen-bond donors (Lipinski definition) is 1. The lowest BCUT2D eigenvalue weighted by Gasteiger charge is -2.37. The van der Waals surface area contributed by atoms with E-state index < -0.39 is 28.5 Å². The molecule has 0 saturated heterocycles. The second kappa shape index (κ2) is 26.1. The van der Waals surface area contributed by atoms with E-state index in [1.54, 1.807) is 18.2 Å². The first-order valence-electron chi connectivity index (χ1n) is 18.3. The van der Waals surface area contributed by atoms with Crippen LogP contribution >= 0.6 is 0 Å². The zero-order valence-electron chi connectivity index (χ0n) is 32.1. The molecule has 0 fully saturated rings. The van der Waals surface area contributed by atoms with Gasteiger partial charge in [0.25, 0.3) is 5.69 Å². The van der Waals surface area contributed by atoms with Gasteiger partial charge in [0, 0.05) is 18.6 Å². The molecule has 0 amide bonds. The van der Waals surface area contributed by atoms with Gasteiger partial charge in [0.05, 0.1) is 29.7 Å². The number of esters is 1. The summed E-state index contributed by atoms with van der Waals surface area (Å²) in [4.78, 5) is 23.8. The molecule has 8 heteroatoms. The van der Waals surface area contributed by atoms with E-state index in [-0.39, 0.29) is 25.3 Å². The molecule has 0 aliphatic rings. The number of carbonyl (C=O) groups is 1. The fourth-order valence-electron chi connectivity index (χ4n) is 5.70. The molecule has 0 bridgehead atoms. The number of carbonyl (C=O) groups excluding carboxylic acids is 1. The quantitative estimate of drug-likeness (QED) is 0.0381. The number of hydrogen-bond acceptors (Lipinski definition) is 7. The number of nitro groups is 1. The Bertz CT molecular complexity index is 1540. The van der Waals surface area contributed by atoms with Crippen LogP contribution in [0, 0.1) is 16.0 Å². The minimum atomic E-state index is -1.14. The van der Waals surface area contributed by atoms with Crippen LogP contribution in [-0.4, -0.2) is 41.6 Å². The minimum absolute atomic E-state index is 0.0417. The topological polar surface area (TPSA) is 108 Å². The Labute approximate surface area is 311 Å². The summed E-state index contributed by atoms with van der Waals surface area (Å²) in [6.07, 6.45) is 3.54. The third-order valence-corrected chi connectivity index (χ3v) is 8.10. The van der Waals surface area contributed by atoms with Crippen molar-refractivity contribution in [2.45, 2.75) is 91.8 Å². The fourth-order valence-corrected chi connectivity index (χ4v) is 5.70. The molecule has 0 radical (unpaired) electrons. The number of ether oxygens (including phenoxy) is 3. The van der Waals surface area contributed by atoms with E-state index in [2.05, 4.69) is 37.8 Å². The van der Waals surface area contributed by atoms with Gasteiger partial charge in [-0.3, -0.25) is 14.9 Å². The summed E-state index contributed by atoms with van der Waals surface area (Å²) in [5.74, 6) is -0.876. The predicted octanol–water partition coefficient (Wildman–Crippen LogP) is 10.8. The zero-order valence-corrected chi connectivity index (χ0v) is 32.1. The summed E-state index contributed by atoms with van der Waals surface area (Å²) >= 11 is 0. The highest BCUT2D eigenvalue weighted by molar-refractivity contribution is 5.73. The minimum Gasteiger partial charge on any atom is -0.469 e. The van der Waals surface area contributed by atoms with Crippen LogP contribution in [0.25, 0.3) is 11.1 Å². The van der Waals surface area contributed by atoms with Crippen LogP contribution in [-0.2, 0) is 27.1 Å². The predicted molar refractivity (Wildman–Crippen MR) is 212 cm³/mol. The van der Waals surface area contributed by atoms with Crippen molar-refractivity contribution in [2.24, 2.45) is 5.92 Å². The molecule has 4 aromatic rings. The summed E-state index contributed by atoms with van der Waals surface area (Å²) in [7, 11) is 1.28. The van der Waals surface area contributed by atoms with Gasteiger partial charge in [-0.05, 0) is 67.0 Å². The van der Waals surface area contributed by atoms with Gasteiger partial charge < -0.3 is 19.3 Å².